The molecule has 1 saturated heterocycles. The number of hydrogen-bond donors (Lipinski definition) is 0. The Labute approximate surface area is 196 Å². The fourth-order valence-corrected chi connectivity index (χ4v) is 4.65. The zero-order chi connectivity index (χ0) is 23.6. The van der Waals surface area contributed by atoms with Crippen LogP contribution < -0.4 is 9.64 Å². The minimum atomic E-state index is -4.28. The highest BCUT2D eigenvalue weighted by atomic mass is 32.2. The molecule has 1 aliphatic heterocycles. The lowest BCUT2D eigenvalue weighted by Gasteiger charge is -2.30. The molecule has 2 heterocycles. The molecule has 8 heteroatoms. The summed E-state index contributed by atoms with van der Waals surface area (Å²) in [5.41, 5.74) is -0.155. The third-order valence-corrected chi connectivity index (χ3v) is 6.62. The molecule has 0 unspecified atom stereocenters. The Balaban J connectivity index is 1.51. The summed E-state index contributed by atoms with van der Waals surface area (Å²) in [6.07, 6.45) is 3.69. The Morgan fingerprint density at radius 2 is 1.73 bits per heavy atom. The van der Waals surface area contributed by atoms with Crippen LogP contribution in [0.3, 0.4) is 0 Å². The van der Waals surface area contributed by atoms with E-state index in [4.69, 9.17) is 4.74 Å². The maximum atomic E-state index is 12.6. The highest BCUT2D eigenvalue weighted by molar-refractivity contribution is 8.00. The molecular weight excluding hydrogens is 447 g/mol. The summed E-state index contributed by atoms with van der Waals surface area (Å²) >= 11 is -0.0869. The van der Waals surface area contributed by atoms with Crippen molar-refractivity contribution in [2.75, 3.05) is 25.2 Å². The van der Waals surface area contributed by atoms with Crippen LogP contribution in [-0.4, -0.2) is 41.3 Å². The molecule has 0 saturated carbocycles. The second-order valence-electron chi connectivity index (χ2n) is 8.65. The number of anilines is 1. The van der Waals surface area contributed by atoms with Gasteiger partial charge in [-0.2, -0.15) is 13.2 Å². The fraction of sp³-hybridized carbons (Fsp3) is 0.320. The molecule has 0 atom stereocenters. The van der Waals surface area contributed by atoms with E-state index in [1.807, 2.05) is 36.5 Å². The number of aromatic nitrogens is 1. The average molecular weight is 474 g/mol. The van der Waals surface area contributed by atoms with Gasteiger partial charge in [0.25, 0.3) is 0 Å². The molecular formula is C25H26F3N3OS. The number of thioether (sulfide) groups is 1. The molecule has 0 amide bonds. The summed E-state index contributed by atoms with van der Waals surface area (Å²) < 4.78 is 43.2. The van der Waals surface area contributed by atoms with Gasteiger partial charge in [-0.15, -0.1) is 0 Å². The Kier molecular flexibility index (Phi) is 6.59. The van der Waals surface area contributed by atoms with Crippen LogP contribution in [0.1, 0.15) is 19.4 Å². The number of rotatable bonds is 6. The topological polar surface area (TPSA) is 28.6 Å². The van der Waals surface area contributed by atoms with Gasteiger partial charge in [0.05, 0.1) is 13.8 Å². The quantitative estimate of drug-likeness (QED) is 0.385. The van der Waals surface area contributed by atoms with Crippen molar-refractivity contribution in [2.24, 2.45) is 0 Å². The summed E-state index contributed by atoms with van der Waals surface area (Å²) in [5.74, 6) is 0.806. The monoisotopic (exact) mass is 473 g/mol. The first-order chi connectivity index (χ1) is 15.6. The molecule has 33 heavy (non-hydrogen) atoms. The van der Waals surface area contributed by atoms with E-state index in [9.17, 15) is 13.2 Å². The first-order valence-corrected chi connectivity index (χ1v) is 11.4. The molecule has 4 rings (SSSR count). The van der Waals surface area contributed by atoms with Crippen molar-refractivity contribution in [3.63, 3.8) is 0 Å². The molecule has 4 nitrogen and oxygen atoms in total. The number of ether oxygens (including phenoxy) is 1. The van der Waals surface area contributed by atoms with Gasteiger partial charge in [0, 0.05) is 47.2 Å². The predicted molar refractivity (Wildman–Crippen MR) is 126 cm³/mol. The van der Waals surface area contributed by atoms with Gasteiger partial charge in [-0.1, -0.05) is 12.1 Å². The fourth-order valence-electron chi connectivity index (χ4n) is 4.11. The number of benzene rings is 2. The van der Waals surface area contributed by atoms with Crippen LogP contribution in [0, 0.1) is 0 Å². The third-order valence-electron chi connectivity index (χ3n) is 5.88. The van der Waals surface area contributed by atoms with Crippen LogP contribution in [0.4, 0.5) is 18.9 Å². The van der Waals surface area contributed by atoms with Gasteiger partial charge in [-0.25, -0.2) is 0 Å². The lowest BCUT2D eigenvalue weighted by molar-refractivity contribution is -0.0328. The number of nitrogens with zero attached hydrogens (tertiary/aromatic N) is 3. The molecule has 0 bridgehead atoms. The summed E-state index contributed by atoms with van der Waals surface area (Å²) in [4.78, 5) is 9.11. The predicted octanol–water partition coefficient (Wildman–Crippen LogP) is 6.43. The van der Waals surface area contributed by atoms with Crippen molar-refractivity contribution in [1.29, 1.82) is 0 Å². The summed E-state index contributed by atoms with van der Waals surface area (Å²) in [6.45, 7) is 6.57. The molecule has 1 aliphatic rings. The molecule has 0 radical (unpaired) electrons. The minimum Gasteiger partial charge on any atom is -0.497 e. The number of pyridine rings is 1. The Bertz CT molecular complexity index is 1090. The molecule has 3 aromatic rings. The first-order valence-electron chi connectivity index (χ1n) is 10.6. The van der Waals surface area contributed by atoms with Crippen molar-refractivity contribution in [1.82, 2.24) is 9.88 Å². The van der Waals surface area contributed by atoms with E-state index in [0.717, 1.165) is 35.7 Å². The van der Waals surface area contributed by atoms with Crippen LogP contribution >= 0.6 is 11.8 Å². The van der Waals surface area contributed by atoms with Gasteiger partial charge in [0.15, 0.2) is 0 Å². The summed E-state index contributed by atoms with van der Waals surface area (Å²) in [6, 6.07) is 16.6. The maximum absolute atomic E-state index is 12.6. The molecule has 1 aromatic heterocycles. The lowest BCUT2D eigenvalue weighted by Crippen LogP contribution is -2.39. The zero-order valence-electron chi connectivity index (χ0n) is 18.8. The second-order valence-corrected chi connectivity index (χ2v) is 9.79. The highest BCUT2D eigenvalue weighted by Gasteiger charge is 2.37. The van der Waals surface area contributed by atoms with E-state index in [-0.39, 0.29) is 22.2 Å². The van der Waals surface area contributed by atoms with E-state index < -0.39 is 5.51 Å². The lowest BCUT2D eigenvalue weighted by atomic mass is 9.99. The second kappa shape index (κ2) is 9.27. The Morgan fingerprint density at radius 1 is 1.03 bits per heavy atom. The van der Waals surface area contributed by atoms with Gasteiger partial charge < -0.3 is 9.64 Å². The van der Waals surface area contributed by atoms with E-state index in [0.29, 0.717) is 6.67 Å². The van der Waals surface area contributed by atoms with Crippen molar-refractivity contribution in [3.8, 4) is 16.9 Å². The standard InChI is InChI=1S/C25H26F3N3OS/c1-24(2)16-30(20-6-10-22(11-7-20)33-25(26,27)28)17-31(24)15-19-12-13-29-14-23(19)18-4-8-21(32-3)9-5-18/h4-14H,15-17H2,1-3H3. The van der Waals surface area contributed by atoms with Crippen molar-refractivity contribution >= 4 is 17.4 Å². The highest BCUT2D eigenvalue weighted by Crippen LogP contribution is 2.38. The Morgan fingerprint density at radius 3 is 2.36 bits per heavy atom. The number of alkyl halides is 3. The molecule has 174 valence electrons. The summed E-state index contributed by atoms with van der Waals surface area (Å²) in [5, 5.41) is 0. The smallest absolute Gasteiger partial charge is 0.446 e. The van der Waals surface area contributed by atoms with Crippen molar-refractivity contribution < 1.29 is 17.9 Å². The third kappa shape index (κ3) is 5.62. The van der Waals surface area contributed by atoms with Crippen molar-refractivity contribution in [2.45, 2.75) is 36.3 Å². The van der Waals surface area contributed by atoms with Gasteiger partial charge in [-0.3, -0.25) is 9.88 Å². The normalized spacial score (nSPS) is 16.2. The molecule has 0 spiro atoms. The number of halogens is 3. The maximum Gasteiger partial charge on any atom is 0.446 e. The number of methoxy groups -OCH3 is 1. The van der Waals surface area contributed by atoms with Gasteiger partial charge in [-0.05, 0) is 79.2 Å². The van der Waals surface area contributed by atoms with E-state index in [1.54, 1.807) is 25.4 Å². The Hall–Kier alpha value is -2.71. The minimum absolute atomic E-state index is 0.0869. The van der Waals surface area contributed by atoms with E-state index in [2.05, 4.69) is 28.6 Å². The summed E-state index contributed by atoms with van der Waals surface area (Å²) in [7, 11) is 1.65. The van der Waals surface area contributed by atoms with Gasteiger partial charge in [0.2, 0.25) is 0 Å². The van der Waals surface area contributed by atoms with E-state index in [1.165, 1.54) is 17.7 Å². The van der Waals surface area contributed by atoms with Crippen LogP contribution in [0.25, 0.3) is 11.1 Å². The van der Waals surface area contributed by atoms with E-state index >= 15 is 0 Å². The zero-order valence-corrected chi connectivity index (χ0v) is 19.6. The first kappa shape index (κ1) is 23.4. The molecule has 0 aliphatic carbocycles. The largest absolute Gasteiger partial charge is 0.497 e. The van der Waals surface area contributed by atoms with Gasteiger partial charge in [0.1, 0.15) is 5.75 Å². The van der Waals surface area contributed by atoms with Crippen molar-refractivity contribution in [3.05, 3.63) is 72.6 Å². The SMILES string of the molecule is COc1ccc(-c2cnccc2CN2CN(c3ccc(SC(F)(F)F)cc3)CC2(C)C)cc1. The van der Waals surface area contributed by atoms with Crippen LogP contribution in [0.2, 0.25) is 0 Å². The van der Waals surface area contributed by atoms with Gasteiger partial charge >= 0.3 is 5.51 Å². The van der Waals surface area contributed by atoms with Crippen LogP contribution in [-0.2, 0) is 6.54 Å². The molecule has 1 fully saturated rings. The average Bonchev–Trinajstić information content (AvgIpc) is 3.07. The van der Waals surface area contributed by atoms with Crippen LogP contribution in [0.5, 0.6) is 5.75 Å². The van der Waals surface area contributed by atoms with Crippen LogP contribution in [0.15, 0.2) is 71.9 Å². The molecule has 0 N–H and O–H groups in total. The number of hydrogen-bond acceptors (Lipinski definition) is 5. The molecule has 2 aromatic carbocycles.